The maximum atomic E-state index is 12.7. The molecule has 0 saturated carbocycles. The zero-order chi connectivity index (χ0) is 19.3. The van der Waals surface area contributed by atoms with E-state index in [0.29, 0.717) is 25.6 Å². The summed E-state index contributed by atoms with van der Waals surface area (Å²) in [6.45, 7) is 12.3. The standard InChI is InChI=1S/C17H28N4O5/c1-11(2)13(19-16(23)25-17(3,4)5)14(22)15-18-12(20-26-15)10-21-6-8-24-9-7-21/h11,13H,6-10H2,1-5H3,(H,19,23). The summed E-state index contributed by atoms with van der Waals surface area (Å²) in [5.74, 6) is -0.255. The van der Waals surface area contributed by atoms with Crippen molar-refractivity contribution in [3.63, 3.8) is 0 Å². The maximum absolute atomic E-state index is 12.7. The summed E-state index contributed by atoms with van der Waals surface area (Å²) in [4.78, 5) is 31.0. The molecule has 9 nitrogen and oxygen atoms in total. The van der Waals surface area contributed by atoms with E-state index in [9.17, 15) is 9.59 Å². The van der Waals surface area contributed by atoms with Crippen molar-refractivity contribution < 1.29 is 23.6 Å². The van der Waals surface area contributed by atoms with E-state index in [1.807, 2.05) is 13.8 Å². The van der Waals surface area contributed by atoms with Gasteiger partial charge in [0.25, 0.3) is 5.89 Å². The highest BCUT2D eigenvalue weighted by Gasteiger charge is 2.31. The molecule has 1 atom stereocenters. The second-order valence-electron chi connectivity index (χ2n) is 7.64. The summed E-state index contributed by atoms with van der Waals surface area (Å²) in [6, 6.07) is -0.804. The fraction of sp³-hybridized carbons (Fsp3) is 0.765. The monoisotopic (exact) mass is 368 g/mol. The Morgan fingerprint density at radius 2 is 1.92 bits per heavy atom. The molecule has 1 aliphatic rings. The minimum atomic E-state index is -0.804. The van der Waals surface area contributed by atoms with E-state index in [0.717, 1.165) is 13.1 Å². The van der Waals surface area contributed by atoms with Crippen LogP contribution in [0, 0.1) is 5.92 Å². The third-order valence-electron chi connectivity index (χ3n) is 3.77. The number of morpholine rings is 1. The van der Waals surface area contributed by atoms with Gasteiger partial charge < -0.3 is 19.3 Å². The molecule has 1 amide bonds. The lowest BCUT2D eigenvalue weighted by atomic mass is 10.00. The van der Waals surface area contributed by atoms with Crippen molar-refractivity contribution in [2.24, 2.45) is 5.92 Å². The molecule has 1 fully saturated rings. The predicted octanol–water partition coefficient (Wildman–Crippen LogP) is 1.63. The zero-order valence-corrected chi connectivity index (χ0v) is 16.1. The highest BCUT2D eigenvalue weighted by atomic mass is 16.6. The molecule has 146 valence electrons. The van der Waals surface area contributed by atoms with Gasteiger partial charge in [-0.25, -0.2) is 4.79 Å². The Kier molecular flexibility index (Phi) is 6.71. The Labute approximate surface area is 153 Å². The Bertz CT molecular complexity index is 617. The lowest BCUT2D eigenvalue weighted by molar-refractivity contribution is 0.0327. The number of hydrogen-bond donors (Lipinski definition) is 1. The molecule has 0 radical (unpaired) electrons. The van der Waals surface area contributed by atoms with Gasteiger partial charge in [0.1, 0.15) is 11.6 Å². The van der Waals surface area contributed by atoms with Gasteiger partial charge >= 0.3 is 6.09 Å². The summed E-state index contributed by atoms with van der Waals surface area (Å²) in [5, 5.41) is 6.47. The zero-order valence-electron chi connectivity index (χ0n) is 16.1. The first-order chi connectivity index (χ1) is 12.2. The van der Waals surface area contributed by atoms with Gasteiger partial charge in [0.2, 0.25) is 5.78 Å². The maximum Gasteiger partial charge on any atom is 0.408 e. The van der Waals surface area contributed by atoms with Gasteiger partial charge in [-0.05, 0) is 26.7 Å². The van der Waals surface area contributed by atoms with Crippen molar-refractivity contribution in [1.82, 2.24) is 20.4 Å². The minimum Gasteiger partial charge on any atom is -0.444 e. The van der Waals surface area contributed by atoms with Gasteiger partial charge in [-0.3, -0.25) is 9.69 Å². The van der Waals surface area contributed by atoms with Crippen molar-refractivity contribution in [1.29, 1.82) is 0 Å². The largest absolute Gasteiger partial charge is 0.444 e. The summed E-state index contributed by atoms with van der Waals surface area (Å²) < 4.78 is 15.6. The molecule has 0 bridgehead atoms. The van der Waals surface area contributed by atoms with E-state index >= 15 is 0 Å². The molecule has 0 aliphatic carbocycles. The topological polar surface area (TPSA) is 107 Å². The number of alkyl carbamates (subject to hydrolysis) is 1. The molecule has 9 heteroatoms. The number of nitrogens with zero attached hydrogens (tertiary/aromatic N) is 3. The van der Waals surface area contributed by atoms with E-state index < -0.39 is 23.5 Å². The molecule has 0 aromatic carbocycles. The number of ether oxygens (including phenoxy) is 2. The van der Waals surface area contributed by atoms with E-state index in [1.54, 1.807) is 20.8 Å². The van der Waals surface area contributed by atoms with Crippen molar-refractivity contribution in [3.8, 4) is 0 Å². The summed E-state index contributed by atoms with van der Waals surface area (Å²) >= 11 is 0. The van der Waals surface area contributed by atoms with Crippen LogP contribution in [0.5, 0.6) is 0 Å². The quantitative estimate of drug-likeness (QED) is 0.755. The van der Waals surface area contributed by atoms with E-state index in [4.69, 9.17) is 14.0 Å². The molecule has 1 aliphatic heterocycles. The van der Waals surface area contributed by atoms with Gasteiger partial charge in [0.05, 0.1) is 19.8 Å². The first-order valence-corrected chi connectivity index (χ1v) is 8.82. The Balaban J connectivity index is 2.00. The molecule has 1 saturated heterocycles. The highest BCUT2D eigenvalue weighted by Crippen LogP contribution is 2.13. The molecule has 26 heavy (non-hydrogen) atoms. The van der Waals surface area contributed by atoms with Crippen molar-refractivity contribution in [2.45, 2.75) is 52.8 Å². The number of nitrogens with one attached hydrogen (secondary N) is 1. The third kappa shape index (κ3) is 6.06. The van der Waals surface area contributed by atoms with Gasteiger partial charge in [-0.15, -0.1) is 0 Å². The molecule has 1 aromatic rings. The molecular weight excluding hydrogens is 340 g/mol. The van der Waals surface area contributed by atoms with Crippen LogP contribution in [0.3, 0.4) is 0 Å². The van der Waals surface area contributed by atoms with Crippen LogP contribution >= 0.6 is 0 Å². The summed E-state index contributed by atoms with van der Waals surface area (Å²) in [5.41, 5.74) is -0.648. The van der Waals surface area contributed by atoms with Gasteiger partial charge in [0, 0.05) is 13.1 Å². The number of carbonyl (C=O) groups is 2. The average molecular weight is 368 g/mol. The predicted molar refractivity (Wildman–Crippen MR) is 92.7 cm³/mol. The van der Waals surface area contributed by atoms with Crippen LogP contribution in [0.1, 0.15) is 51.1 Å². The molecule has 2 heterocycles. The van der Waals surface area contributed by atoms with Gasteiger partial charge in [-0.2, -0.15) is 4.98 Å². The van der Waals surface area contributed by atoms with Crippen molar-refractivity contribution in [2.75, 3.05) is 26.3 Å². The Morgan fingerprint density at radius 1 is 1.27 bits per heavy atom. The molecule has 1 aromatic heterocycles. The first kappa shape index (κ1) is 20.3. The highest BCUT2D eigenvalue weighted by molar-refractivity contribution is 5.98. The summed E-state index contributed by atoms with van der Waals surface area (Å²) in [6.07, 6.45) is -0.655. The molecule has 2 rings (SSSR count). The van der Waals surface area contributed by atoms with Crippen LogP contribution in [0.4, 0.5) is 4.79 Å². The third-order valence-corrected chi connectivity index (χ3v) is 3.77. The number of aromatic nitrogens is 2. The SMILES string of the molecule is CC(C)C(NC(=O)OC(C)(C)C)C(=O)c1nc(CN2CCOCC2)no1. The van der Waals surface area contributed by atoms with E-state index in [1.165, 1.54) is 0 Å². The fourth-order valence-electron chi connectivity index (χ4n) is 2.48. The molecule has 1 N–H and O–H groups in total. The van der Waals surface area contributed by atoms with Crippen LogP contribution in [-0.2, 0) is 16.0 Å². The second kappa shape index (κ2) is 8.59. The lowest BCUT2D eigenvalue weighted by Gasteiger charge is -2.25. The number of amides is 1. The smallest absolute Gasteiger partial charge is 0.408 e. The average Bonchev–Trinajstić information content (AvgIpc) is 2.99. The molecule has 1 unspecified atom stereocenters. The number of carbonyl (C=O) groups excluding carboxylic acids is 2. The number of hydrogen-bond acceptors (Lipinski definition) is 8. The second-order valence-corrected chi connectivity index (χ2v) is 7.64. The van der Waals surface area contributed by atoms with Gasteiger partial charge in [0.15, 0.2) is 5.82 Å². The van der Waals surface area contributed by atoms with Gasteiger partial charge in [-0.1, -0.05) is 19.0 Å². The van der Waals surface area contributed by atoms with Crippen LogP contribution in [-0.4, -0.2) is 64.9 Å². The van der Waals surface area contributed by atoms with Crippen LogP contribution < -0.4 is 5.32 Å². The first-order valence-electron chi connectivity index (χ1n) is 8.82. The van der Waals surface area contributed by atoms with Crippen LogP contribution in [0.15, 0.2) is 4.52 Å². The summed E-state index contributed by atoms with van der Waals surface area (Å²) in [7, 11) is 0. The Morgan fingerprint density at radius 3 is 2.50 bits per heavy atom. The van der Waals surface area contributed by atoms with Crippen LogP contribution in [0.2, 0.25) is 0 Å². The number of ketones is 1. The molecular formula is C17H28N4O5. The number of Topliss-reactive ketones (excluding diaryl/α,β-unsaturated/α-hetero) is 1. The molecule has 0 spiro atoms. The number of rotatable bonds is 6. The van der Waals surface area contributed by atoms with E-state index in [2.05, 4.69) is 20.4 Å². The van der Waals surface area contributed by atoms with Crippen LogP contribution in [0.25, 0.3) is 0 Å². The lowest BCUT2D eigenvalue weighted by Crippen LogP contribution is -2.46. The van der Waals surface area contributed by atoms with Crippen molar-refractivity contribution in [3.05, 3.63) is 11.7 Å². The van der Waals surface area contributed by atoms with Crippen molar-refractivity contribution >= 4 is 11.9 Å². The fourth-order valence-corrected chi connectivity index (χ4v) is 2.48. The minimum absolute atomic E-state index is 0.108. The Hall–Kier alpha value is -2.00. The normalized spacial score (nSPS) is 17.2. The van der Waals surface area contributed by atoms with E-state index in [-0.39, 0.29) is 11.8 Å².